The molecule has 0 aliphatic carbocycles. The number of carbonyl (C=O) groups excluding carboxylic acids is 1. The van der Waals surface area contributed by atoms with Crippen molar-refractivity contribution in [2.75, 3.05) is 13.1 Å². The van der Waals surface area contributed by atoms with Gasteiger partial charge in [0.05, 0.1) is 0 Å². The fraction of sp³-hybridized carbons (Fsp3) is 0.500. The van der Waals surface area contributed by atoms with Gasteiger partial charge in [0.2, 0.25) is 6.10 Å². The van der Waals surface area contributed by atoms with Crippen molar-refractivity contribution in [1.82, 2.24) is 4.90 Å². The van der Waals surface area contributed by atoms with Gasteiger partial charge in [-0.15, -0.1) is 0 Å². The number of ether oxygens (including phenoxy) is 2. The third-order valence-corrected chi connectivity index (χ3v) is 4.62. The molecule has 25 heavy (non-hydrogen) atoms. The summed E-state index contributed by atoms with van der Waals surface area (Å²) in [7, 11) is 0. The lowest BCUT2D eigenvalue weighted by atomic mass is 9.86. The Kier molecular flexibility index (Phi) is 4.04. The minimum Gasteiger partial charge on any atom is -0.482 e. The molecule has 1 fully saturated rings. The van der Waals surface area contributed by atoms with Crippen molar-refractivity contribution >= 4 is 11.9 Å². The van der Waals surface area contributed by atoms with Gasteiger partial charge < -0.3 is 19.5 Å². The van der Waals surface area contributed by atoms with Crippen molar-refractivity contribution in [3.8, 4) is 11.5 Å². The lowest BCUT2D eigenvalue weighted by Gasteiger charge is -2.34. The zero-order chi connectivity index (χ0) is 18.4. The van der Waals surface area contributed by atoms with Gasteiger partial charge in [0.25, 0.3) is 5.91 Å². The number of carboxylic acids is 1. The molecule has 0 bridgehead atoms. The van der Waals surface area contributed by atoms with E-state index in [9.17, 15) is 22.8 Å². The molecule has 0 spiro atoms. The second-order valence-electron chi connectivity index (χ2n) is 6.20. The molecule has 0 aromatic heterocycles. The normalized spacial score (nSPS) is 28.7. The van der Waals surface area contributed by atoms with Crippen molar-refractivity contribution in [3.05, 3.63) is 24.3 Å². The third kappa shape index (κ3) is 2.77. The SMILES string of the molecule is CC1Oc2ccccc2OC1C(=O)N1CCC(C(=O)O)(C(F)(F)F)C1. The smallest absolute Gasteiger partial charge is 0.406 e. The van der Waals surface area contributed by atoms with Crippen molar-refractivity contribution in [2.24, 2.45) is 5.41 Å². The maximum absolute atomic E-state index is 13.2. The molecule has 136 valence electrons. The van der Waals surface area contributed by atoms with Crippen LogP contribution in [0.4, 0.5) is 13.2 Å². The van der Waals surface area contributed by atoms with Crippen LogP contribution in [0.3, 0.4) is 0 Å². The highest BCUT2D eigenvalue weighted by Crippen LogP contribution is 2.46. The number of nitrogens with zero attached hydrogens (tertiary/aromatic N) is 1. The van der Waals surface area contributed by atoms with Gasteiger partial charge in [-0.05, 0) is 25.5 Å². The molecular formula is C16H16F3NO5. The maximum Gasteiger partial charge on any atom is 0.406 e. The van der Waals surface area contributed by atoms with Crippen LogP contribution in [0.1, 0.15) is 13.3 Å². The first-order chi connectivity index (χ1) is 11.7. The number of likely N-dealkylation sites (tertiary alicyclic amines) is 1. The van der Waals surface area contributed by atoms with Crippen LogP contribution >= 0.6 is 0 Å². The third-order valence-electron chi connectivity index (χ3n) is 4.62. The first kappa shape index (κ1) is 17.4. The van der Waals surface area contributed by atoms with E-state index in [1.165, 1.54) is 0 Å². The molecule has 9 heteroatoms. The standard InChI is InChI=1S/C16H16F3NO5/c1-9-12(25-11-5-3-2-4-10(11)24-9)13(21)20-7-6-15(8-20,14(22)23)16(17,18)19/h2-5,9,12H,6-8H2,1H3,(H,22,23). The fourth-order valence-corrected chi connectivity index (χ4v) is 3.10. The molecule has 3 rings (SSSR count). The minimum absolute atomic E-state index is 0.307. The zero-order valence-corrected chi connectivity index (χ0v) is 13.2. The highest BCUT2D eigenvalue weighted by Gasteiger charge is 2.64. The number of carbonyl (C=O) groups is 2. The van der Waals surface area contributed by atoms with Crippen LogP contribution in [0.15, 0.2) is 24.3 Å². The van der Waals surface area contributed by atoms with Crippen molar-refractivity contribution in [2.45, 2.75) is 31.7 Å². The lowest BCUT2D eigenvalue weighted by molar-refractivity contribution is -0.227. The molecule has 1 aromatic rings. The Labute approximate surface area is 141 Å². The lowest BCUT2D eigenvalue weighted by Crippen LogP contribution is -2.52. The summed E-state index contributed by atoms with van der Waals surface area (Å²) in [5.74, 6) is -1.93. The molecule has 2 aliphatic rings. The number of halogens is 3. The Bertz CT molecular complexity index is 707. The second kappa shape index (κ2) is 5.82. The molecule has 1 amide bonds. The molecule has 0 saturated carbocycles. The van der Waals surface area contributed by atoms with Crippen LogP contribution < -0.4 is 9.47 Å². The quantitative estimate of drug-likeness (QED) is 0.875. The molecule has 6 nitrogen and oxygen atoms in total. The minimum atomic E-state index is -4.95. The largest absolute Gasteiger partial charge is 0.482 e. The summed E-state index contributed by atoms with van der Waals surface area (Å²) in [5.41, 5.74) is -2.95. The Morgan fingerprint density at radius 1 is 1.24 bits per heavy atom. The highest BCUT2D eigenvalue weighted by molar-refractivity contribution is 5.85. The number of rotatable bonds is 2. The van der Waals surface area contributed by atoms with Crippen LogP contribution in [-0.4, -0.2) is 53.4 Å². The Morgan fingerprint density at radius 3 is 2.36 bits per heavy atom. The van der Waals surface area contributed by atoms with Gasteiger partial charge >= 0.3 is 12.1 Å². The molecule has 2 aliphatic heterocycles. The number of fused-ring (bicyclic) bond motifs is 1. The first-order valence-corrected chi connectivity index (χ1v) is 7.67. The van der Waals surface area contributed by atoms with E-state index < -0.39 is 48.6 Å². The van der Waals surface area contributed by atoms with Gasteiger partial charge in [0, 0.05) is 13.1 Å². The number of carboxylic acid groups (broad SMARTS) is 1. The van der Waals surface area contributed by atoms with Crippen LogP contribution in [0.2, 0.25) is 0 Å². The van der Waals surface area contributed by atoms with Crippen LogP contribution in [0.25, 0.3) is 0 Å². The molecule has 0 radical (unpaired) electrons. The summed E-state index contributed by atoms with van der Waals surface area (Å²) >= 11 is 0. The second-order valence-corrected chi connectivity index (χ2v) is 6.20. The van der Waals surface area contributed by atoms with E-state index in [4.69, 9.17) is 14.6 Å². The van der Waals surface area contributed by atoms with Crippen LogP contribution in [-0.2, 0) is 9.59 Å². The number of hydrogen-bond acceptors (Lipinski definition) is 4. The van der Waals surface area contributed by atoms with Crippen molar-refractivity contribution < 1.29 is 37.3 Å². The molecule has 1 saturated heterocycles. The fourth-order valence-electron chi connectivity index (χ4n) is 3.10. The summed E-state index contributed by atoms with van der Waals surface area (Å²) in [5, 5.41) is 9.08. The van der Waals surface area contributed by atoms with Crippen molar-refractivity contribution in [3.63, 3.8) is 0 Å². The highest BCUT2D eigenvalue weighted by atomic mass is 19.4. The maximum atomic E-state index is 13.2. The number of benzene rings is 1. The van der Waals surface area contributed by atoms with E-state index in [2.05, 4.69) is 0 Å². The predicted molar refractivity (Wildman–Crippen MR) is 78.3 cm³/mol. The summed E-state index contributed by atoms with van der Waals surface area (Å²) in [6.07, 6.45) is -7.48. The monoisotopic (exact) mass is 359 g/mol. The molecular weight excluding hydrogens is 343 g/mol. The summed E-state index contributed by atoms with van der Waals surface area (Å²) < 4.78 is 50.9. The average Bonchev–Trinajstić information content (AvgIpc) is 3.00. The van der Waals surface area contributed by atoms with E-state index in [0.717, 1.165) is 4.90 Å². The van der Waals surface area contributed by atoms with Gasteiger partial charge in [0.15, 0.2) is 16.9 Å². The Hall–Kier alpha value is -2.45. The summed E-state index contributed by atoms with van der Waals surface area (Å²) in [4.78, 5) is 24.7. The van der Waals surface area contributed by atoms with Gasteiger partial charge in [-0.25, -0.2) is 0 Å². The number of para-hydroxylation sites is 2. The number of hydrogen-bond donors (Lipinski definition) is 1. The van der Waals surface area contributed by atoms with E-state index in [-0.39, 0.29) is 6.54 Å². The Balaban J connectivity index is 1.80. The van der Waals surface area contributed by atoms with E-state index >= 15 is 0 Å². The summed E-state index contributed by atoms with van der Waals surface area (Å²) in [6, 6.07) is 6.64. The van der Waals surface area contributed by atoms with Gasteiger partial charge in [-0.2, -0.15) is 13.2 Å². The van der Waals surface area contributed by atoms with Gasteiger partial charge in [-0.1, -0.05) is 12.1 Å². The van der Waals surface area contributed by atoms with Crippen LogP contribution in [0.5, 0.6) is 11.5 Å². The van der Waals surface area contributed by atoms with Crippen molar-refractivity contribution in [1.29, 1.82) is 0 Å². The van der Waals surface area contributed by atoms with Gasteiger partial charge in [-0.3, -0.25) is 9.59 Å². The predicted octanol–water partition coefficient (Wildman–Crippen LogP) is 2.08. The zero-order valence-electron chi connectivity index (χ0n) is 13.2. The molecule has 3 atom stereocenters. The molecule has 2 heterocycles. The van der Waals surface area contributed by atoms with Crippen LogP contribution in [0, 0.1) is 5.41 Å². The van der Waals surface area contributed by atoms with Gasteiger partial charge in [0.1, 0.15) is 6.10 Å². The number of amides is 1. The average molecular weight is 359 g/mol. The summed E-state index contributed by atoms with van der Waals surface area (Å²) in [6.45, 7) is 0.334. The first-order valence-electron chi connectivity index (χ1n) is 7.67. The topological polar surface area (TPSA) is 76.1 Å². The molecule has 1 aromatic carbocycles. The number of alkyl halides is 3. The molecule has 3 unspecified atom stereocenters. The Morgan fingerprint density at radius 2 is 1.84 bits per heavy atom. The molecule has 1 N–H and O–H groups in total. The van der Waals surface area contributed by atoms with E-state index in [1.54, 1.807) is 31.2 Å². The van der Waals surface area contributed by atoms with E-state index in [0.29, 0.717) is 11.5 Å². The number of aliphatic carboxylic acids is 1. The van der Waals surface area contributed by atoms with E-state index in [1.807, 2.05) is 0 Å².